The molecule has 0 amide bonds. The molecule has 1 aliphatic rings. The van der Waals surface area contributed by atoms with Crippen LogP contribution in [-0.2, 0) is 18.3 Å². The fourth-order valence-electron chi connectivity index (χ4n) is 0.946. The summed E-state index contributed by atoms with van der Waals surface area (Å²) < 4.78 is 26.7. The normalized spacial score (nSPS) is 26.8. The van der Waals surface area contributed by atoms with Crippen LogP contribution in [0.5, 0.6) is 0 Å². The molecule has 1 atom stereocenters. The van der Waals surface area contributed by atoms with Gasteiger partial charge in [-0.15, -0.1) is 0 Å². The topological polar surface area (TPSA) is 44.8 Å². The number of allylic oxidation sites excluding steroid dienone is 2. The molecule has 1 rings (SSSR count). The van der Waals surface area contributed by atoms with Crippen molar-refractivity contribution >= 4 is 7.60 Å². The molecule has 1 unspecified atom stereocenters. The van der Waals surface area contributed by atoms with Crippen LogP contribution in [0.4, 0.5) is 0 Å². The number of rotatable bonds is 4. The summed E-state index contributed by atoms with van der Waals surface area (Å²) in [5.41, 5.74) is 0. The first-order valence-corrected chi connectivity index (χ1v) is 5.62. The molecule has 0 N–H and O–H groups in total. The Kier molecular flexibility index (Phi) is 3.72. The molecule has 0 fully saturated rings. The fraction of sp³-hybridized carbons (Fsp3) is 0.500. The maximum Gasteiger partial charge on any atom is 0.403 e. The van der Waals surface area contributed by atoms with Gasteiger partial charge in [0, 0.05) is 12.9 Å². The summed E-state index contributed by atoms with van der Waals surface area (Å²) in [6.07, 6.45) is 3.37. The first-order valence-electron chi connectivity index (χ1n) is 4.01. The summed E-state index contributed by atoms with van der Waals surface area (Å²) in [6.45, 7) is 2.44. The lowest BCUT2D eigenvalue weighted by atomic mass is 10.4. The third-order valence-corrected chi connectivity index (χ3v) is 3.04. The van der Waals surface area contributed by atoms with Gasteiger partial charge in [0.25, 0.3) is 0 Å². The Morgan fingerprint density at radius 3 is 3.00 bits per heavy atom. The van der Waals surface area contributed by atoms with Gasteiger partial charge < -0.3 is 9.26 Å². The molecule has 0 aromatic carbocycles. The zero-order valence-electron chi connectivity index (χ0n) is 7.73. The van der Waals surface area contributed by atoms with Crippen molar-refractivity contribution in [3.05, 3.63) is 23.7 Å². The summed E-state index contributed by atoms with van der Waals surface area (Å²) in [7, 11) is -1.48. The first-order chi connectivity index (χ1) is 6.20. The summed E-state index contributed by atoms with van der Waals surface area (Å²) in [5, 5.41) is 0. The quantitative estimate of drug-likeness (QED) is 0.659. The van der Waals surface area contributed by atoms with E-state index < -0.39 is 7.60 Å². The minimum Gasteiger partial charge on any atom is -0.424 e. The van der Waals surface area contributed by atoms with Gasteiger partial charge >= 0.3 is 7.60 Å². The van der Waals surface area contributed by atoms with Crippen LogP contribution >= 0.6 is 7.60 Å². The molecule has 5 heteroatoms. The summed E-state index contributed by atoms with van der Waals surface area (Å²) in [4.78, 5) is 0. The van der Waals surface area contributed by atoms with Gasteiger partial charge in [0.2, 0.25) is 0 Å². The number of hydrogen-bond acceptors (Lipinski definition) is 4. The molecule has 4 nitrogen and oxygen atoms in total. The second-order valence-electron chi connectivity index (χ2n) is 2.46. The lowest BCUT2D eigenvalue weighted by molar-refractivity contribution is 0.174. The maximum absolute atomic E-state index is 11.7. The molecule has 74 valence electrons. The van der Waals surface area contributed by atoms with E-state index in [1.165, 1.54) is 5.82 Å². The second-order valence-corrected chi connectivity index (χ2v) is 4.27. The summed E-state index contributed by atoms with van der Waals surface area (Å²) >= 11 is 0. The molecule has 13 heavy (non-hydrogen) atoms. The molecule has 0 aliphatic carbocycles. The van der Waals surface area contributed by atoms with Gasteiger partial charge in [-0.1, -0.05) is 0 Å². The van der Waals surface area contributed by atoms with Crippen LogP contribution in [0.25, 0.3) is 0 Å². The molecule has 0 saturated carbocycles. The van der Waals surface area contributed by atoms with E-state index in [0.717, 1.165) is 0 Å². The highest BCUT2D eigenvalue weighted by Crippen LogP contribution is 2.53. The van der Waals surface area contributed by atoms with E-state index in [1.54, 1.807) is 26.2 Å². The highest BCUT2D eigenvalue weighted by atomic mass is 31.2. The SMILES string of the molecule is CCOP1(=O)C=CC=C(COC)O1. The van der Waals surface area contributed by atoms with Crippen molar-refractivity contribution in [1.29, 1.82) is 0 Å². The zero-order valence-corrected chi connectivity index (χ0v) is 8.62. The van der Waals surface area contributed by atoms with Gasteiger partial charge in [-0.25, -0.2) is 4.57 Å². The number of methoxy groups -OCH3 is 1. The fourth-order valence-corrected chi connectivity index (χ4v) is 2.24. The molecule has 1 heterocycles. The molecule has 0 aromatic heterocycles. The van der Waals surface area contributed by atoms with Crippen molar-refractivity contribution in [2.45, 2.75) is 6.92 Å². The predicted octanol–water partition coefficient (Wildman–Crippen LogP) is 2.29. The van der Waals surface area contributed by atoms with Gasteiger partial charge in [-0.3, -0.25) is 4.52 Å². The van der Waals surface area contributed by atoms with Crippen LogP contribution in [0.2, 0.25) is 0 Å². The van der Waals surface area contributed by atoms with Crippen molar-refractivity contribution < 1.29 is 18.3 Å². The standard InChI is InChI=1S/C8H13O4P/c1-3-11-13(9)6-4-5-8(12-13)7-10-2/h4-6H,3,7H2,1-2H3. The van der Waals surface area contributed by atoms with E-state index in [9.17, 15) is 4.57 Å². The van der Waals surface area contributed by atoms with Crippen LogP contribution in [0.3, 0.4) is 0 Å². The van der Waals surface area contributed by atoms with Crippen LogP contribution in [0.15, 0.2) is 23.7 Å². The van der Waals surface area contributed by atoms with Crippen LogP contribution < -0.4 is 0 Å². The molecule has 0 aromatic rings. The van der Waals surface area contributed by atoms with Crippen molar-refractivity contribution in [3.8, 4) is 0 Å². The van der Waals surface area contributed by atoms with Crippen molar-refractivity contribution in [2.75, 3.05) is 20.3 Å². The Hall–Kier alpha value is -0.570. The number of ether oxygens (including phenoxy) is 1. The van der Waals surface area contributed by atoms with Gasteiger partial charge in [-0.2, -0.15) is 0 Å². The summed E-state index contributed by atoms with van der Waals surface area (Å²) in [5.74, 6) is 1.97. The molecular formula is C8H13O4P. The van der Waals surface area contributed by atoms with E-state index in [0.29, 0.717) is 19.0 Å². The van der Waals surface area contributed by atoms with Gasteiger partial charge in [-0.05, 0) is 19.1 Å². The largest absolute Gasteiger partial charge is 0.424 e. The molecule has 0 radical (unpaired) electrons. The lowest BCUT2D eigenvalue weighted by Gasteiger charge is -2.19. The third kappa shape index (κ3) is 2.99. The van der Waals surface area contributed by atoms with E-state index in [-0.39, 0.29) is 0 Å². The van der Waals surface area contributed by atoms with E-state index in [4.69, 9.17) is 13.8 Å². The average Bonchev–Trinajstić information content (AvgIpc) is 2.04. The van der Waals surface area contributed by atoms with Crippen molar-refractivity contribution in [2.24, 2.45) is 0 Å². The van der Waals surface area contributed by atoms with E-state index >= 15 is 0 Å². The molecule has 1 aliphatic heterocycles. The monoisotopic (exact) mass is 204 g/mol. The first kappa shape index (κ1) is 10.5. The van der Waals surface area contributed by atoms with E-state index in [1.807, 2.05) is 0 Å². The lowest BCUT2D eigenvalue weighted by Crippen LogP contribution is -2.02. The summed E-state index contributed by atoms with van der Waals surface area (Å²) in [6, 6.07) is 0. The van der Waals surface area contributed by atoms with Gasteiger partial charge in [0.1, 0.15) is 12.4 Å². The molecule has 0 bridgehead atoms. The molecule has 0 saturated heterocycles. The van der Waals surface area contributed by atoms with Crippen molar-refractivity contribution in [1.82, 2.24) is 0 Å². The predicted molar refractivity (Wildman–Crippen MR) is 49.4 cm³/mol. The highest BCUT2D eigenvalue weighted by Gasteiger charge is 2.24. The minimum absolute atomic E-state index is 0.307. The molecular weight excluding hydrogens is 191 g/mol. The number of hydrogen-bond donors (Lipinski definition) is 0. The Morgan fingerprint density at radius 2 is 2.38 bits per heavy atom. The Bertz CT molecular complexity index is 269. The van der Waals surface area contributed by atoms with Gasteiger partial charge in [0.15, 0.2) is 0 Å². The van der Waals surface area contributed by atoms with Crippen LogP contribution in [0.1, 0.15) is 6.92 Å². The minimum atomic E-state index is -3.03. The average molecular weight is 204 g/mol. The smallest absolute Gasteiger partial charge is 0.403 e. The van der Waals surface area contributed by atoms with E-state index in [2.05, 4.69) is 0 Å². The second kappa shape index (κ2) is 4.61. The van der Waals surface area contributed by atoms with Crippen molar-refractivity contribution in [3.63, 3.8) is 0 Å². The maximum atomic E-state index is 11.7. The van der Waals surface area contributed by atoms with Crippen LogP contribution in [0, 0.1) is 0 Å². The Balaban J connectivity index is 2.63. The zero-order chi connectivity index (χ0) is 9.73. The van der Waals surface area contributed by atoms with Gasteiger partial charge in [0.05, 0.1) is 6.61 Å². The third-order valence-electron chi connectivity index (χ3n) is 1.39. The Morgan fingerprint density at radius 1 is 1.62 bits per heavy atom. The highest BCUT2D eigenvalue weighted by molar-refractivity contribution is 7.57. The Labute approximate surface area is 77.7 Å². The molecule has 0 spiro atoms. The van der Waals surface area contributed by atoms with Crippen LogP contribution in [-0.4, -0.2) is 20.3 Å².